The molecule has 6 heteroatoms. The summed E-state index contributed by atoms with van der Waals surface area (Å²) in [6.45, 7) is 1.85. The lowest BCUT2D eigenvalue weighted by Gasteiger charge is -2.33. The Morgan fingerprint density at radius 2 is 2.06 bits per heavy atom. The van der Waals surface area contributed by atoms with Crippen molar-refractivity contribution in [2.24, 2.45) is 0 Å². The minimum absolute atomic E-state index is 0.369. The van der Waals surface area contributed by atoms with E-state index in [-0.39, 0.29) is 0 Å². The zero-order valence-corrected chi connectivity index (χ0v) is 11.3. The minimum Gasteiger partial charge on any atom is -0.372 e. The number of nitrogens with one attached hydrogen (secondary N) is 1. The Labute approximate surface area is 109 Å². The van der Waals surface area contributed by atoms with Crippen molar-refractivity contribution in [3.05, 3.63) is 10.8 Å². The highest BCUT2D eigenvalue weighted by Gasteiger charge is 2.35. The third kappa shape index (κ3) is 1.99. The number of ether oxygens (including phenoxy) is 1. The maximum atomic E-state index is 5.83. The summed E-state index contributed by atoms with van der Waals surface area (Å²) in [7, 11) is 1.86. The Kier molecular flexibility index (Phi) is 2.92. The molecule has 0 radical (unpaired) electrons. The molecule has 0 saturated carbocycles. The van der Waals surface area contributed by atoms with Crippen molar-refractivity contribution in [1.82, 2.24) is 9.97 Å². The number of nitrogens with zero attached hydrogens (tertiary/aromatic N) is 3. The first-order valence-electron chi connectivity index (χ1n) is 5.86. The lowest BCUT2D eigenvalue weighted by Crippen LogP contribution is -2.43. The van der Waals surface area contributed by atoms with E-state index in [0.717, 1.165) is 29.2 Å². The summed E-state index contributed by atoms with van der Waals surface area (Å²) in [5, 5.41) is 3.06. The van der Waals surface area contributed by atoms with Gasteiger partial charge in [-0.15, -0.1) is 0 Å². The van der Waals surface area contributed by atoms with E-state index in [0.29, 0.717) is 12.2 Å². The predicted octanol–water partition coefficient (Wildman–Crippen LogP) is 1.65. The van der Waals surface area contributed by atoms with Crippen molar-refractivity contribution in [2.75, 3.05) is 30.4 Å². The summed E-state index contributed by atoms with van der Waals surface area (Å²) in [6, 6.07) is 0. The summed E-state index contributed by atoms with van der Waals surface area (Å²) in [4.78, 5) is 10.8. The highest BCUT2D eigenvalue weighted by molar-refractivity contribution is 9.10. The second-order valence-corrected chi connectivity index (χ2v) is 5.27. The molecule has 92 valence electrons. The largest absolute Gasteiger partial charge is 0.372 e. The minimum atomic E-state index is 0.369. The SMILES string of the molecule is CNc1ncnc(N2CC3CCC(C2)O3)c1Br. The normalized spacial score (nSPS) is 27.3. The standard InChI is InChI=1S/C11H15BrN4O/c1-13-10-9(12)11(15-6-14-10)16-4-7-2-3-8(5-16)17-7/h6-8H,2-5H2,1H3,(H,13,14,15). The van der Waals surface area contributed by atoms with Crippen LogP contribution in [0.2, 0.25) is 0 Å². The van der Waals surface area contributed by atoms with E-state index in [1.165, 1.54) is 12.8 Å². The van der Waals surface area contributed by atoms with E-state index in [2.05, 4.69) is 36.1 Å². The average molecular weight is 299 g/mol. The number of aromatic nitrogens is 2. The molecular weight excluding hydrogens is 284 g/mol. The van der Waals surface area contributed by atoms with Crippen LogP contribution in [0.3, 0.4) is 0 Å². The molecule has 1 N–H and O–H groups in total. The van der Waals surface area contributed by atoms with Crippen LogP contribution in [-0.4, -0.2) is 42.3 Å². The second kappa shape index (κ2) is 4.42. The van der Waals surface area contributed by atoms with Gasteiger partial charge in [-0.3, -0.25) is 0 Å². The van der Waals surface area contributed by atoms with Crippen molar-refractivity contribution in [3.63, 3.8) is 0 Å². The fourth-order valence-corrected chi connectivity index (χ4v) is 3.20. The van der Waals surface area contributed by atoms with Crippen LogP contribution >= 0.6 is 15.9 Å². The summed E-state index contributed by atoms with van der Waals surface area (Å²) >= 11 is 3.57. The molecule has 0 amide bonds. The van der Waals surface area contributed by atoms with Crippen molar-refractivity contribution < 1.29 is 4.74 Å². The zero-order valence-electron chi connectivity index (χ0n) is 9.69. The Morgan fingerprint density at radius 1 is 1.35 bits per heavy atom. The zero-order chi connectivity index (χ0) is 11.8. The highest BCUT2D eigenvalue weighted by Crippen LogP contribution is 2.34. The molecular formula is C11H15BrN4O. The quantitative estimate of drug-likeness (QED) is 0.900. The first-order chi connectivity index (χ1) is 8.28. The van der Waals surface area contributed by atoms with Crippen molar-refractivity contribution in [2.45, 2.75) is 25.0 Å². The Morgan fingerprint density at radius 3 is 2.71 bits per heavy atom. The van der Waals surface area contributed by atoms with Gasteiger partial charge in [0.15, 0.2) is 0 Å². The fourth-order valence-electron chi connectivity index (χ4n) is 2.54. The first-order valence-corrected chi connectivity index (χ1v) is 6.66. The second-order valence-electron chi connectivity index (χ2n) is 4.47. The van der Waals surface area contributed by atoms with Crippen LogP contribution in [0.1, 0.15) is 12.8 Å². The molecule has 2 aliphatic rings. The Balaban J connectivity index is 1.89. The number of rotatable bonds is 2. The van der Waals surface area contributed by atoms with Gasteiger partial charge in [-0.1, -0.05) is 0 Å². The number of anilines is 2. The lowest BCUT2D eigenvalue weighted by atomic mass is 10.2. The lowest BCUT2D eigenvalue weighted by molar-refractivity contribution is 0.0302. The molecule has 0 aliphatic carbocycles. The van der Waals surface area contributed by atoms with E-state index in [1.54, 1.807) is 6.33 Å². The molecule has 2 saturated heterocycles. The molecule has 1 aromatic heterocycles. The van der Waals surface area contributed by atoms with Crippen LogP contribution < -0.4 is 10.2 Å². The topological polar surface area (TPSA) is 50.3 Å². The molecule has 2 fully saturated rings. The van der Waals surface area contributed by atoms with Gasteiger partial charge >= 0.3 is 0 Å². The van der Waals surface area contributed by atoms with Gasteiger partial charge in [0.25, 0.3) is 0 Å². The number of hydrogen-bond acceptors (Lipinski definition) is 5. The van der Waals surface area contributed by atoms with E-state index < -0.39 is 0 Å². The van der Waals surface area contributed by atoms with E-state index >= 15 is 0 Å². The highest BCUT2D eigenvalue weighted by atomic mass is 79.9. The van der Waals surface area contributed by atoms with Crippen LogP contribution in [0.4, 0.5) is 11.6 Å². The molecule has 2 unspecified atom stereocenters. The fraction of sp³-hybridized carbons (Fsp3) is 0.636. The van der Waals surface area contributed by atoms with Gasteiger partial charge in [0.1, 0.15) is 22.4 Å². The smallest absolute Gasteiger partial charge is 0.148 e. The molecule has 5 nitrogen and oxygen atoms in total. The maximum Gasteiger partial charge on any atom is 0.148 e. The number of halogens is 1. The van der Waals surface area contributed by atoms with Gasteiger partial charge in [0.05, 0.1) is 12.2 Å². The van der Waals surface area contributed by atoms with Gasteiger partial charge < -0.3 is 15.0 Å². The summed E-state index contributed by atoms with van der Waals surface area (Å²) in [5.74, 6) is 1.79. The number of fused-ring (bicyclic) bond motifs is 2. The first kappa shape index (κ1) is 11.2. The molecule has 2 atom stereocenters. The van der Waals surface area contributed by atoms with Gasteiger partial charge in [-0.05, 0) is 28.8 Å². The van der Waals surface area contributed by atoms with Crippen LogP contribution in [-0.2, 0) is 4.74 Å². The molecule has 3 heterocycles. The average Bonchev–Trinajstić information content (AvgIpc) is 2.68. The maximum absolute atomic E-state index is 5.83. The van der Waals surface area contributed by atoms with Crippen molar-refractivity contribution in [3.8, 4) is 0 Å². The summed E-state index contributed by atoms with van der Waals surface area (Å²) in [6.07, 6.45) is 4.68. The van der Waals surface area contributed by atoms with Gasteiger partial charge in [-0.25, -0.2) is 9.97 Å². The third-order valence-electron chi connectivity index (χ3n) is 3.35. The molecule has 2 aliphatic heterocycles. The summed E-state index contributed by atoms with van der Waals surface area (Å²) < 4.78 is 6.76. The van der Waals surface area contributed by atoms with Crippen LogP contribution in [0.25, 0.3) is 0 Å². The summed E-state index contributed by atoms with van der Waals surface area (Å²) in [5.41, 5.74) is 0. The van der Waals surface area contributed by atoms with Crippen LogP contribution in [0, 0.1) is 0 Å². The van der Waals surface area contributed by atoms with Crippen molar-refractivity contribution >= 4 is 27.6 Å². The van der Waals surface area contributed by atoms with Gasteiger partial charge in [0, 0.05) is 20.1 Å². The Hall–Kier alpha value is -0.880. The van der Waals surface area contributed by atoms with Gasteiger partial charge in [0.2, 0.25) is 0 Å². The van der Waals surface area contributed by atoms with Crippen LogP contribution in [0.5, 0.6) is 0 Å². The monoisotopic (exact) mass is 298 g/mol. The molecule has 0 aromatic carbocycles. The van der Waals surface area contributed by atoms with Gasteiger partial charge in [-0.2, -0.15) is 0 Å². The molecule has 0 spiro atoms. The molecule has 2 bridgehead atoms. The number of morpholine rings is 1. The van der Waals surface area contributed by atoms with Crippen LogP contribution in [0.15, 0.2) is 10.8 Å². The molecule has 1 aromatic rings. The Bertz CT molecular complexity index is 416. The van der Waals surface area contributed by atoms with E-state index in [4.69, 9.17) is 4.74 Å². The van der Waals surface area contributed by atoms with E-state index in [1.807, 2.05) is 7.05 Å². The van der Waals surface area contributed by atoms with E-state index in [9.17, 15) is 0 Å². The molecule has 3 rings (SSSR count). The predicted molar refractivity (Wildman–Crippen MR) is 69.4 cm³/mol. The molecule has 17 heavy (non-hydrogen) atoms. The van der Waals surface area contributed by atoms with Crippen molar-refractivity contribution in [1.29, 1.82) is 0 Å². The number of hydrogen-bond donors (Lipinski definition) is 1. The third-order valence-corrected chi connectivity index (χ3v) is 4.08.